The zero-order valence-corrected chi connectivity index (χ0v) is 15.5. The Bertz CT molecular complexity index is 674. The molecular weight excluding hydrogens is 320 g/mol. The van der Waals surface area contributed by atoms with Gasteiger partial charge in [0.25, 0.3) is 0 Å². The Morgan fingerprint density at radius 3 is 2.54 bits per heavy atom. The fourth-order valence-electron chi connectivity index (χ4n) is 6.90. The van der Waals surface area contributed by atoms with E-state index >= 15 is 0 Å². The van der Waals surface area contributed by atoms with Gasteiger partial charge in [-0.05, 0) is 73.7 Å². The zero-order chi connectivity index (χ0) is 17.3. The van der Waals surface area contributed by atoms with E-state index < -0.39 is 5.60 Å². The van der Waals surface area contributed by atoms with Gasteiger partial charge in [-0.1, -0.05) is 31.4 Å². The molecule has 0 heterocycles. The summed E-state index contributed by atoms with van der Waals surface area (Å²) in [5.74, 6) is 4.52. The number of hydrogen-bond acceptors (Lipinski definition) is 2. The van der Waals surface area contributed by atoms with Crippen molar-refractivity contribution in [1.82, 2.24) is 0 Å². The molecule has 0 unspecified atom stereocenters. The van der Waals surface area contributed by atoms with Crippen LogP contribution in [0.3, 0.4) is 0 Å². The molecule has 1 N–H and O–H groups in total. The van der Waals surface area contributed by atoms with Crippen molar-refractivity contribution < 1.29 is 9.90 Å². The van der Waals surface area contributed by atoms with Gasteiger partial charge in [-0.2, -0.15) is 0 Å². The molecule has 24 heavy (non-hydrogen) atoms. The summed E-state index contributed by atoms with van der Waals surface area (Å²) in [6.07, 6.45) is 13.1. The van der Waals surface area contributed by atoms with Gasteiger partial charge in [0.15, 0.2) is 5.78 Å². The first-order valence-corrected chi connectivity index (χ1v) is 9.77. The molecule has 0 aromatic rings. The summed E-state index contributed by atoms with van der Waals surface area (Å²) in [6, 6.07) is 0. The molecule has 0 aromatic carbocycles. The van der Waals surface area contributed by atoms with Gasteiger partial charge in [0, 0.05) is 11.8 Å². The summed E-state index contributed by atoms with van der Waals surface area (Å²) in [7, 11) is 0. The number of ketones is 1. The molecule has 4 aliphatic carbocycles. The van der Waals surface area contributed by atoms with E-state index in [-0.39, 0.29) is 16.6 Å². The molecule has 0 saturated heterocycles. The molecule has 3 fully saturated rings. The van der Waals surface area contributed by atoms with Gasteiger partial charge >= 0.3 is 0 Å². The standard InChI is InChI=1S/C21H27ClO2/c1-4-21(24)12-8-15-13-5-6-16-18(22)17(23)9-10-19(16,2)14(13)7-11-20(15,21)3/h1,13-15,24H,5-12H2,2-3H3/t13-,14+,15+,19-,20+,21+/m1/s1. The maximum atomic E-state index is 12.1. The second-order valence-electron chi connectivity index (χ2n) is 9.05. The largest absolute Gasteiger partial charge is 0.377 e. The monoisotopic (exact) mass is 346 g/mol. The third-order valence-electron chi connectivity index (χ3n) is 8.44. The second kappa shape index (κ2) is 5.12. The van der Waals surface area contributed by atoms with Crippen LogP contribution in [0, 0.1) is 40.9 Å². The van der Waals surface area contributed by atoms with Crippen LogP contribution in [0.25, 0.3) is 0 Å². The van der Waals surface area contributed by atoms with E-state index in [4.69, 9.17) is 18.0 Å². The molecule has 130 valence electrons. The quantitative estimate of drug-likeness (QED) is 0.658. The average molecular weight is 347 g/mol. The van der Waals surface area contributed by atoms with Gasteiger partial charge in [-0.15, -0.1) is 6.42 Å². The number of rotatable bonds is 0. The predicted octanol–water partition coefficient (Wildman–Crippen LogP) is 4.45. The lowest BCUT2D eigenvalue weighted by Gasteiger charge is -2.58. The molecule has 0 radical (unpaired) electrons. The fraction of sp³-hybridized carbons (Fsp3) is 0.762. The fourth-order valence-corrected chi connectivity index (χ4v) is 7.31. The Hall–Kier alpha value is -0.780. The van der Waals surface area contributed by atoms with E-state index in [1.807, 2.05) is 0 Å². The lowest BCUT2D eigenvalue weighted by atomic mass is 9.46. The van der Waals surface area contributed by atoms with E-state index in [1.54, 1.807) is 0 Å². The Morgan fingerprint density at radius 1 is 1.12 bits per heavy atom. The van der Waals surface area contributed by atoms with Crippen LogP contribution < -0.4 is 0 Å². The molecule has 6 atom stereocenters. The summed E-state index contributed by atoms with van der Waals surface area (Å²) in [5, 5.41) is 11.5. The highest BCUT2D eigenvalue weighted by molar-refractivity contribution is 6.43. The van der Waals surface area contributed by atoms with Crippen molar-refractivity contribution in [2.24, 2.45) is 28.6 Å². The lowest BCUT2D eigenvalue weighted by molar-refractivity contribution is -0.120. The number of Topliss-reactive ketones (excluding diaryl/α,β-unsaturated/α-hetero) is 1. The van der Waals surface area contributed by atoms with E-state index in [1.165, 1.54) is 5.57 Å². The number of aliphatic hydroxyl groups is 1. The molecule has 0 bridgehead atoms. The van der Waals surface area contributed by atoms with Crippen LogP contribution in [0.5, 0.6) is 0 Å². The highest BCUT2D eigenvalue weighted by Crippen LogP contribution is 2.67. The van der Waals surface area contributed by atoms with Crippen LogP contribution >= 0.6 is 11.6 Å². The number of hydrogen-bond donors (Lipinski definition) is 1. The number of fused-ring (bicyclic) bond motifs is 5. The molecule has 0 spiro atoms. The molecule has 3 heteroatoms. The maximum absolute atomic E-state index is 12.1. The normalized spacial score (nSPS) is 50.8. The number of carbonyl (C=O) groups is 1. The van der Waals surface area contributed by atoms with Crippen LogP contribution in [0.15, 0.2) is 10.6 Å². The van der Waals surface area contributed by atoms with Gasteiger partial charge in [-0.3, -0.25) is 4.79 Å². The van der Waals surface area contributed by atoms with E-state index in [2.05, 4.69) is 19.8 Å². The van der Waals surface area contributed by atoms with E-state index in [0.717, 1.165) is 44.9 Å². The number of allylic oxidation sites excluding steroid dienone is 1. The highest BCUT2D eigenvalue weighted by atomic mass is 35.5. The molecule has 3 saturated carbocycles. The van der Waals surface area contributed by atoms with Crippen LogP contribution in [0.2, 0.25) is 0 Å². The van der Waals surface area contributed by atoms with Crippen molar-refractivity contribution in [3.05, 3.63) is 10.6 Å². The zero-order valence-electron chi connectivity index (χ0n) is 14.7. The second-order valence-corrected chi connectivity index (χ2v) is 9.43. The minimum atomic E-state index is -0.945. The van der Waals surface area contributed by atoms with Gasteiger partial charge in [0.1, 0.15) is 5.60 Å². The van der Waals surface area contributed by atoms with Gasteiger partial charge in [-0.25, -0.2) is 0 Å². The number of carbonyl (C=O) groups excluding carboxylic acids is 1. The van der Waals surface area contributed by atoms with Gasteiger partial charge in [0.2, 0.25) is 0 Å². The average Bonchev–Trinajstić information content (AvgIpc) is 2.84. The smallest absolute Gasteiger partial charge is 0.174 e. The van der Waals surface area contributed by atoms with Crippen molar-refractivity contribution in [3.8, 4) is 12.3 Å². The molecule has 2 nitrogen and oxygen atoms in total. The van der Waals surface area contributed by atoms with Crippen LogP contribution in [0.1, 0.15) is 65.2 Å². The lowest BCUT2D eigenvalue weighted by Crippen LogP contribution is -2.54. The minimum Gasteiger partial charge on any atom is -0.377 e. The van der Waals surface area contributed by atoms with Crippen molar-refractivity contribution >= 4 is 17.4 Å². The topological polar surface area (TPSA) is 37.3 Å². The van der Waals surface area contributed by atoms with E-state index in [9.17, 15) is 9.90 Å². The molecular formula is C21H27ClO2. The van der Waals surface area contributed by atoms with Crippen LogP contribution in [0.4, 0.5) is 0 Å². The molecule has 0 amide bonds. The summed E-state index contributed by atoms with van der Waals surface area (Å²) in [6.45, 7) is 4.55. The van der Waals surface area contributed by atoms with Crippen molar-refractivity contribution in [2.75, 3.05) is 0 Å². The van der Waals surface area contributed by atoms with Gasteiger partial charge in [0.05, 0.1) is 5.03 Å². The van der Waals surface area contributed by atoms with Crippen LogP contribution in [-0.4, -0.2) is 16.5 Å². The Balaban J connectivity index is 1.73. The third kappa shape index (κ3) is 1.86. The highest BCUT2D eigenvalue weighted by Gasteiger charge is 2.63. The Labute approximate surface area is 150 Å². The van der Waals surface area contributed by atoms with Crippen molar-refractivity contribution in [1.29, 1.82) is 0 Å². The van der Waals surface area contributed by atoms with Crippen LogP contribution in [-0.2, 0) is 4.79 Å². The van der Waals surface area contributed by atoms with Gasteiger partial charge < -0.3 is 5.11 Å². The van der Waals surface area contributed by atoms with Crippen molar-refractivity contribution in [3.63, 3.8) is 0 Å². The minimum absolute atomic E-state index is 0.0616. The first kappa shape index (κ1) is 16.7. The third-order valence-corrected chi connectivity index (χ3v) is 8.88. The predicted molar refractivity (Wildman–Crippen MR) is 95.3 cm³/mol. The Morgan fingerprint density at radius 2 is 1.83 bits per heavy atom. The SMILES string of the molecule is C#C[C@]1(O)CC[C@H]2[C@@H]3CCC4=C(Cl)C(=O)CC[C@]4(C)[C@H]3CC[C@@]21C. The Kier molecular flexibility index (Phi) is 3.56. The first-order chi connectivity index (χ1) is 11.3. The summed E-state index contributed by atoms with van der Waals surface area (Å²) < 4.78 is 0. The summed E-state index contributed by atoms with van der Waals surface area (Å²) in [4.78, 5) is 12.1. The molecule has 0 aliphatic heterocycles. The first-order valence-electron chi connectivity index (χ1n) is 9.39. The molecule has 4 aliphatic rings. The molecule has 4 rings (SSSR count). The maximum Gasteiger partial charge on any atom is 0.174 e. The van der Waals surface area contributed by atoms with E-state index in [0.29, 0.717) is 29.2 Å². The summed E-state index contributed by atoms with van der Waals surface area (Å²) in [5.41, 5.74) is 0.177. The number of terminal acetylenes is 1. The number of halogens is 1. The molecule has 0 aromatic heterocycles. The summed E-state index contributed by atoms with van der Waals surface area (Å²) >= 11 is 6.43. The van der Waals surface area contributed by atoms with Crippen molar-refractivity contribution in [2.45, 2.75) is 70.8 Å².